The van der Waals surface area contributed by atoms with Gasteiger partial charge in [0.25, 0.3) is 5.91 Å². The van der Waals surface area contributed by atoms with Gasteiger partial charge in [0.2, 0.25) is 5.65 Å². The van der Waals surface area contributed by atoms with Crippen molar-refractivity contribution in [2.45, 2.75) is 143 Å². The van der Waals surface area contributed by atoms with E-state index in [4.69, 9.17) is 14.5 Å². The quantitative estimate of drug-likeness (QED) is 0.0684. The summed E-state index contributed by atoms with van der Waals surface area (Å²) in [5, 5.41) is 11.0. The normalized spacial score (nSPS) is 12.0. The van der Waals surface area contributed by atoms with Crippen LogP contribution in [-0.4, -0.2) is 38.9 Å². The molecule has 49 heavy (non-hydrogen) atoms. The second-order valence-electron chi connectivity index (χ2n) is 13.7. The standard InChI is InChI=1S/C41H61N5O3/c1-5-7-8-9-10-11-12-13-14-15-16-17-18-19-20-23-30-48-37-25-22-21-24-35(37)41(47)42-31-33(4)39-43-40-38(36(6-2)44-46(40)45-39)49-34-28-26-32(3)27-29-34/h21-22,24-29,33,44H,5-20,23,30-31H2,1-4H3,(H,42,47). The lowest BCUT2D eigenvalue weighted by Crippen LogP contribution is -2.28. The molecule has 8 heteroatoms. The molecule has 0 saturated heterocycles. The zero-order valence-electron chi connectivity index (χ0n) is 30.7. The lowest BCUT2D eigenvalue weighted by molar-refractivity contribution is 0.0947. The molecule has 1 amide bonds. The van der Waals surface area contributed by atoms with Gasteiger partial charge in [-0.05, 0) is 44.0 Å². The van der Waals surface area contributed by atoms with Gasteiger partial charge < -0.3 is 14.8 Å². The maximum Gasteiger partial charge on any atom is 0.255 e. The van der Waals surface area contributed by atoms with Crippen molar-refractivity contribution in [2.24, 2.45) is 0 Å². The second kappa shape index (κ2) is 21.3. The number of aromatic nitrogens is 4. The van der Waals surface area contributed by atoms with Crippen molar-refractivity contribution in [3.63, 3.8) is 0 Å². The second-order valence-corrected chi connectivity index (χ2v) is 13.7. The summed E-state index contributed by atoms with van der Waals surface area (Å²) in [6.07, 6.45) is 22.2. The third-order valence-electron chi connectivity index (χ3n) is 9.33. The molecule has 0 aliphatic heterocycles. The van der Waals surface area contributed by atoms with Gasteiger partial charge >= 0.3 is 0 Å². The van der Waals surface area contributed by atoms with Gasteiger partial charge in [0, 0.05) is 12.5 Å². The van der Waals surface area contributed by atoms with Crippen LogP contribution >= 0.6 is 0 Å². The van der Waals surface area contributed by atoms with Crippen LogP contribution in [0.2, 0.25) is 0 Å². The van der Waals surface area contributed by atoms with Gasteiger partial charge in [-0.1, -0.05) is 147 Å². The van der Waals surface area contributed by atoms with Gasteiger partial charge in [-0.25, -0.2) is 4.98 Å². The minimum atomic E-state index is -0.157. The molecule has 4 aromatic rings. The highest BCUT2D eigenvalue weighted by molar-refractivity contribution is 5.96. The zero-order chi connectivity index (χ0) is 34.7. The molecule has 0 aliphatic rings. The number of nitrogens with one attached hydrogen (secondary N) is 2. The summed E-state index contributed by atoms with van der Waals surface area (Å²) in [4.78, 5) is 18.0. The Kier molecular flexibility index (Phi) is 16.5. The first kappa shape index (κ1) is 38.0. The van der Waals surface area contributed by atoms with Crippen LogP contribution in [0.15, 0.2) is 48.5 Å². The molecule has 0 bridgehead atoms. The number of para-hydroxylation sites is 1. The lowest BCUT2D eigenvalue weighted by atomic mass is 10.0. The summed E-state index contributed by atoms with van der Waals surface area (Å²) in [7, 11) is 0. The van der Waals surface area contributed by atoms with Crippen LogP contribution in [0.4, 0.5) is 0 Å². The molecule has 2 aromatic heterocycles. The molecule has 2 heterocycles. The monoisotopic (exact) mass is 671 g/mol. The third kappa shape index (κ3) is 12.5. The smallest absolute Gasteiger partial charge is 0.255 e. The van der Waals surface area contributed by atoms with Gasteiger partial charge in [0.05, 0.1) is 17.9 Å². The summed E-state index contributed by atoms with van der Waals surface area (Å²) in [5.41, 5.74) is 3.29. The average Bonchev–Trinajstić information content (AvgIpc) is 3.68. The number of H-pyrrole nitrogens is 1. The highest BCUT2D eigenvalue weighted by Crippen LogP contribution is 2.30. The average molecular weight is 672 g/mol. The summed E-state index contributed by atoms with van der Waals surface area (Å²) < 4.78 is 14.0. The maximum absolute atomic E-state index is 13.2. The summed E-state index contributed by atoms with van der Waals surface area (Å²) in [5.74, 6) is 2.44. The molecule has 1 unspecified atom stereocenters. The Balaban J connectivity index is 1.12. The number of aromatic amines is 1. The molecule has 0 aliphatic carbocycles. The number of hydrogen-bond donors (Lipinski definition) is 2. The molecule has 2 aromatic carbocycles. The SMILES string of the molecule is CCCCCCCCCCCCCCCCCCOc1ccccc1C(=O)NCC(C)c1nc2c(Oc3ccc(C)cc3)c(CC)[nH]n2n1. The van der Waals surface area contributed by atoms with Crippen molar-refractivity contribution in [1.82, 2.24) is 25.1 Å². The first-order chi connectivity index (χ1) is 24.0. The predicted molar refractivity (Wildman–Crippen MR) is 200 cm³/mol. The van der Waals surface area contributed by atoms with E-state index in [1.807, 2.05) is 55.5 Å². The number of nitrogens with zero attached hydrogens (tertiary/aromatic N) is 3. The zero-order valence-corrected chi connectivity index (χ0v) is 30.7. The fourth-order valence-corrected chi connectivity index (χ4v) is 6.19. The van der Waals surface area contributed by atoms with E-state index in [0.717, 1.165) is 30.7 Å². The number of carbonyl (C=O) groups is 1. The molecule has 0 spiro atoms. The Labute approximate surface area is 294 Å². The van der Waals surface area contributed by atoms with Crippen LogP contribution in [0.5, 0.6) is 17.2 Å². The minimum absolute atomic E-state index is 0.104. The highest BCUT2D eigenvalue weighted by Gasteiger charge is 2.21. The van der Waals surface area contributed by atoms with Crippen LogP contribution in [-0.2, 0) is 6.42 Å². The maximum atomic E-state index is 13.2. The number of hydrogen-bond acceptors (Lipinski definition) is 5. The van der Waals surface area contributed by atoms with Gasteiger partial charge in [0.1, 0.15) is 11.5 Å². The molecule has 268 valence electrons. The van der Waals surface area contributed by atoms with Crippen LogP contribution in [0.25, 0.3) is 5.65 Å². The van der Waals surface area contributed by atoms with E-state index in [1.165, 1.54) is 95.5 Å². The molecule has 0 radical (unpaired) electrons. The van der Waals surface area contributed by atoms with Gasteiger partial charge in [-0.15, -0.1) is 9.73 Å². The molecule has 1 atom stereocenters. The first-order valence-electron chi connectivity index (χ1n) is 19.2. The van der Waals surface area contributed by atoms with Crippen molar-refractivity contribution >= 4 is 11.6 Å². The Hall–Kier alpha value is -3.81. The molecular weight excluding hydrogens is 610 g/mol. The number of aryl methyl sites for hydroxylation is 2. The summed E-state index contributed by atoms with van der Waals surface area (Å²) >= 11 is 0. The number of fused-ring (bicyclic) bond motifs is 1. The number of carbonyl (C=O) groups excluding carboxylic acids is 1. The molecule has 8 nitrogen and oxygen atoms in total. The van der Waals surface area contributed by atoms with Gasteiger partial charge in [-0.2, -0.15) is 0 Å². The number of unbranched alkanes of at least 4 members (excludes halogenated alkanes) is 15. The Morgan fingerprint density at radius 3 is 2.02 bits per heavy atom. The highest BCUT2D eigenvalue weighted by atomic mass is 16.5. The third-order valence-corrected chi connectivity index (χ3v) is 9.33. The minimum Gasteiger partial charge on any atom is -0.493 e. The van der Waals surface area contributed by atoms with Crippen molar-refractivity contribution in [1.29, 1.82) is 0 Å². The van der Waals surface area contributed by atoms with E-state index in [0.29, 0.717) is 41.7 Å². The van der Waals surface area contributed by atoms with E-state index in [-0.39, 0.29) is 11.8 Å². The van der Waals surface area contributed by atoms with Crippen molar-refractivity contribution in [2.75, 3.05) is 13.2 Å². The Morgan fingerprint density at radius 1 is 0.816 bits per heavy atom. The van der Waals surface area contributed by atoms with Crippen molar-refractivity contribution < 1.29 is 14.3 Å². The van der Waals surface area contributed by atoms with E-state index in [2.05, 4.69) is 36.3 Å². The topological polar surface area (TPSA) is 93.5 Å². The van der Waals surface area contributed by atoms with E-state index in [1.54, 1.807) is 4.63 Å². The fraction of sp³-hybridized carbons (Fsp3) is 0.585. The summed E-state index contributed by atoms with van der Waals surface area (Å²) in [6, 6.07) is 15.4. The van der Waals surface area contributed by atoms with Crippen molar-refractivity contribution in [3.8, 4) is 17.2 Å². The molecule has 0 fully saturated rings. The van der Waals surface area contributed by atoms with E-state index < -0.39 is 0 Å². The number of benzene rings is 2. The Morgan fingerprint density at radius 2 is 1.41 bits per heavy atom. The van der Waals surface area contributed by atoms with Gasteiger partial charge in [-0.3, -0.25) is 9.89 Å². The van der Waals surface area contributed by atoms with Crippen LogP contribution in [0, 0.1) is 6.92 Å². The van der Waals surface area contributed by atoms with Crippen LogP contribution in [0.1, 0.15) is 157 Å². The number of rotatable bonds is 25. The summed E-state index contributed by atoms with van der Waals surface area (Å²) in [6.45, 7) is 9.43. The number of ether oxygens (including phenoxy) is 2. The predicted octanol–water partition coefficient (Wildman–Crippen LogP) is 10.9. The van der Waals surface area contributed by atoms with Crippen LogP contribution < -0.4 is 14.8 Å². The fourth-order valence-electron chi connectivity index (χ4n) is 6.19. The molecular formula is C41H61N5O3. The van der Waals surface area contributed by atoms with E-state index in [9.17, 15) is 4.79 Å². The van der Waals surface area contributed by atoms with Crippen molar-refractivity contribution in [3.05, 3.63) is 71.2 Å². The van der Waals surface area contributed by atoms with Crippen LogP contribution in [0.3, 0.4) is 0 Å². The first-order valence-corrected chi connectivity index (χ1v) is 19.2. The van der Waals surface area contributed by atoms with Gasteiger partial charge in [0.15, 0.2) is 11.6 Å². The molecule has 4 rings (SSSR count). The Bertz CT molecular complexity index is 1510. The lowest BCUT2D eigenvalue weighted by Gasteiger charge is -2.13. The number of amides is 1. The molecule has 2 N–H and O–H groups in total. The largest absolute Gasteiger partial charge is 0.493 e. The molecule has 0 saturated carbocycles. The van der Waals surface area contributed by atoms with E-state index >= 15 is 0 Å².